The first-order valence-corrected chi connectivity index (χ1v) is 8.43. The maximum Gasteiger partial charge on any atom is 0.416 e. The van der Waals surface area contributed by atoms with Gasteiger partial charge < -0.3 is 0 Å². The molecule has 0 saturated heterocycles. The van der Waals surface area contributed by atoms with E-state index in [0.717, 1.165) is 12.6 Å². The molecule has 1 nitrogen and oxygen atoms in total. The van der Waals surface area contributed by atoms with Crippen molar-refractivity contribution in [3.63, 3.8) is 0 Å². The SMILES string of the molecule is C[C@@H](Cc1cccc(C(F)(F)F)c1)N(CCCl)Cc1ccccc1.Cl. The van der Waals surface area contributed by atoms with Gasteiger partial charge in [-0.05, 0) is 30.5 Å². The molecule has 1 atom stereocenters. The van der Waals surface area contributed by atoms with Crippen LogP contribution in [0.4, 0.5) is 13.2 Å². The van der Waals surface area contributed by atoms with Crippen LogP contribution in [0.2, 0.25) is 0 Å². The fraction of sp³-hybridized carbons (Fsp3) is 0.368. The minimum Gasteiger partial charge on any atom is -0.295 e. The van der Waals surface area contributed by atoms with Crippen LogP contribution in [0.5, 0.6) is 0 Å². The molecule has 6 heteroatoms. The molecule has 0 N–H and O–H groups in total. The predicted octanol–water partition coefficient (Wildman–Crippen LogP) is 5.80. The van der Waals surface area contributed by atoms with Crippen LogP contribution in [0.3, 0.4) is 0 Å². The van der Waals surface area contributed by atoms with Crippen LogP contribution in [0.25, 0.3) is 0 Å². The summed E-state index contributed by atoms with van der Waals surface area (Å²) in [5, 5.41) is 0. The zero-order valence-electron chi connectivity index (χ0n) is 14.0. The lowest BCUT2D eigenvalue weighted by molar-refractivity contribution is -0.137. The van der Waals surface area contributed by atoms with Gasteiger partial charge in [0.05, 0.1) is 5.56 Å². The second-order valence-electron chi connectivity index (χ2n) is 5.90. The van der Waals surface area contributed by atoms with E-state index in [9.17, 15) is 13.2 Å². The Bertz CT molecular complexity index is 632. The highest BCUT2D eigenvalue weighted by Gasteiger charge is 2.30. The highest BCUT2D eigenvalue weighted by molar-refractivity contribution is 6.18. The van der Waals surface area contributed by atoms with Crippen molar-refractivity contribution in [2.24, 2.45) is 0 Å². The van der Waals surface area contributed by atoms with Gasteiger partial charge in [-0.25, -0.2) is 0 Å². The quantitative estimate of drug-likeness (QED) is 0.539. The Morgan fingerprint density at radius 1 is 1.00 bits per heavy atom. The molecule has 0 amide bonds. The zero-order chi connectivity index (χ0) is 17.6. The van der Waals surface area contributed by atoms with Crippen molar-refractivity contribution in [2.45, 2.75) is 32.1 Å². The number of halogens is 5. The maximum atomic E-state index is 12.8. The Labute approximate surface area is 158 Å². The Morgan fingerprint density at radius 2 is 1.64 bits per heavy atom. The van der Waals surface area contributed by atoms with E-state index in [1.807, 2.05) is 37.3 Å². The standard InChI is InChI=1S/C19H21ClF3N.ClH/c1-15(12-17-8-5-9-18(13-17)19(21,22)23)24(11-10-20)14-16-6-3-2-4-7-16;/h2-9,13,15H,10-12,14H2,1H3;1H/t15-;/m0./s1. The van der Waals surface area contributed by atoms with Gasteiger partial charge in [0.1, 0.15) is 0 Å². The fourth-order valence-electron chi connectivity index (χ4n) is 2.73. The van der Waals surface area contributed by atoms with E-state index in [1.54, 1.807) is 6.07 Å². The van der Waals surface area contributed by atoms with Crippen LogP contribution in [-0.4, -0.2) is 23.4 Å². The number of nitrogens with zero attached hydrogens (tertiary/aromatic N) is 1. The highest BCUT2D eigenvalue weighted by Crippen LogP contribution is 2.30. The minimum absolute atomic E-state index is 0. The molecule has 0 heterocycles. The van der Waals surface area contributed by atoms with Crippen molar-refractivity contribution >= 4 is 24.0 Å². The summed E-state index contributed by atoms with van der Waals surface area (Å²) in [6.07, 6.45) is -3.76. The molecule has 2 rings (SSSR count). The summed E-state index contributed by atoms with van der Waals surface area (Å²) in [6.45, 7) is 3.44. The Hall–Kier alpha value is -1.23. The van der Waals surface area contributed by atoms with Gasteiger partial charge in [0.2, 0.25) is 0 Å². The van der Waals surface area contributed by atoms with E-state index in [-0.39, 0.29) is 18.4 Å². The minimum atomic E-state index is -4.31. The second-order valence-corrected chi connectivity index (χ2v) is 6.27. The average molecular weight is 392 g/mol. The van der Waals surface area contributed by atoms with Crippen LogP contribution in [0, 0.1) is 0 Å². The first kappa shape index (κ1) is 21.8. The van der Waals surface area contributed by atoms with Crippen LogP contribution in [-0.2, 0) is 19.1 Å². The van der Waals surface area contributed by atoms with Crippen molar-refractivity contribution in [1.82, 2.24) is 4.90 Å². The lowest BCUT2D eigenvalue weighted by Crippen LogP contribution is -2.35. The number of hydrogen-bond acceptors (Lipinski definition) is 1. The second kappa shape index (κ2) is 10.0. The molecule has 0 aliphatic heterocycles. The van der Waals surface area contributed by atoms with Crippen LogP contribution < -0.4 is 0 Å². The smallest absolute Gasteiger partial charge is 0.295 e. The summed E-state index contributed by atoms with van der Waals surface area (Å²) < 4.78 is 38.5. The molecule has 2 aromatic carbocycles. The molecular formula is C19H22Cl2F3N. The molecule has 0 spiro atoms. The summed E-state index contributed by atoms with van der Waals surface area (Å²) in [6, 6.07) is 15.6. The number of rotatable bonds is 7. The van der Waals surface area contributed by atoms with Crippen molar-refractivity contribution < 1.29 is 13.2 Å². The summed E-state index contributed by atoms with van der Waals surface area (Å²) >= 11 is 5.90. The van der Waals surface area contributed by atoms with Crippen molar-refractivity contribution in [3.05, 3.63) is 71.3 Å². The van der Waals surface area contributed by atoms with Crippen molar-refractivity contribution in [3.8, 4) is 0 Å². The average Bonchev–Trinajstić information content (AvgIpc) is 2.55. The summed E-state index contributed by atoms with van der Waals surface area (Å²) in [4.78, 5) is 2.20. The monoisotopic (exact) mass is 391 g/mol. The molecule has 0 aliphatic rings. The van der Waals surface area contributed by atoms with Crippen LogP contribution in [0.1, 0.15) is 23.6 Å². The molecule has 0 aliphatic carbocycles. The Morgan fingerprint density at radius 3 is 2.24 bits per heavy atom. The van der Waals surface area contributed by atoms with E-state index < -0.39 is 11.7 Å². The predicted molar refractivity (Wildman–Crippen MR) is 99.4 cm³/mol. The largest absolute Gasteiger partial charge is 0.416 e. The van der Waals surface area contributed by atoms with E-state index in [0.29, 0.717) is 24.4 Å². The third kappa shape index (κ3) is 6.89. The number of alkyl halides is 4. The number of benzene rings is 2. The van der Waals surface area contributed by atoms with Gasteiger partial charge in [-0.3, -0.25) is 4.90 Å². The molecule has 0 unspecified atom stereocenters. The molecule has 138 valence electrons. The first-order chi connectivity index (χ1) is 11.4. The lowest BCUT2D eigenvalue weighted by Gasteiger charge is -2.29. The van der Waals surface area contributed by atoms with Crippen LogP contribution >= 0.6 is 24.0 Å². The zero-order valence-corrected chi connectivity index (χ0v) is 15.5. The topological polar surface area (TPSA) is 3.24 Å². The van der Waals surface area contributed by atoms with E-state index in [4.69, 9.17) is 11.6 Å². The Kier molecular flexibility index (Phi) is 8.77. The number of hydrogen-bond donors (Lipinski definition) is 0. The fourth-order valence-corrected chi connectivity index (χ4v) is 2.94. The molecule has 0 saturated carbocycles. The van der Waals surface area contributed by atoms with Gasteiger partial charge in [0.15, 0.2) is 0 Å². The molecule has 25 heavy (non-hydrogen) atoms. The van der Waals surface area contributed by atoms with Crippen molar-refractivity contribution in [2.75, 3.05) is 12.4 Å². The van der Waals surface area contributed by atoms with Gasteiger partial charge in [-0.1, -0.05) is 48.5 Å². The highest BCUT2D eigenvalue weighted by atomic mass is 35.5. The van der Waals surface area contributed by atoms with Crippen molar-refractivity contribution in [1.29, 1.82) is 0 Å². The van der Waals surface area contributed by atoms with E-state index >= 15 is 0 Å². The normalized spacial score (nSPS) is 12.7. The first-order valence-electron chi connectivity index (χ1n) is 7.90. The van der Waals surface area contributed by atoms with Gasteiger partial charge >= 0.3 is 6.18 Å². The summed E-state index contributed by atoms with van der Waals surface area (Å²) in [7, 11) is 0. The molecular weight excluding hydrogens is 370 g/mol. The van der Waals surface area contributed by atoms with E-state index in [2.05, 4.69) is 4.90 Å². The molecule has 0 fully saturated rings. The molecule has 0 aromatic heterocycles. The van der Waals surface area contributed by atoms with Crippen LogP contribution in [0.15, 0.2) is 54.6 Å². The van der Waals surface area contributed by atoms with Gasteiger partial charge in [-0.2, -0.15) is 13.2 Å². The lowest BCUT2D eigenvalue weighted by atomic mass is 10.0. The third-order valence-corrected chi connectivity index (χ3v) is 4.18. The summed E-state index contributed by atoms with van der Waals surface area (Å²) in [5.41, 5.74) is 1.25. The van der Waals surface area contributed by atoms with E-state index in [1.165, 1.54) is 17.7 Å². The van der Waals surface area contributed by atoms with Gasteiger partial charge in [0, 0.05) is 25.0 Å². The maximum absolute atomic E-state index is 12.8. The van der Waals surface area contributed by atoms with Gasteiger partial charge in [0.25, 0.3) is 0 Å². The molecule has 2 aromatic rings. The third-order valence-electron chi connectivity index (χ3n) is 4.01. The molecule has 0 bridgehead atoms. The van der Waals surface area contributed by atoms with Gasteiger partial charge in [-0.15, -0.1) is 24.0 Å². The Balaban J connectivity index is 0.00000312. The summed E-state index contributed by atoms with van der Waals surface area (Å²) in [5.74, 6) is 0.486. The molecule has 0 radical (unpaired) electrons.